The molecule has 4 heterocycles. The third-order valence-electron chi connectivity index (χ3n) is 13.5. The van der Waals surface area contributed by atoms with Crippen LogP contribution in [-0.2, 0) is 47.3 Å². The number of ether oxygens (including phenoxy) is 7. The molecule has 7 N–H and O–H groups in total. The maximum Gasteiger partial charge on any atom is 0.466 e. The molecule has 0 aliphatic carbocycles. The standard InChI is InChI=1S/C46H80N2O13.H3O4P/c1-13-36-33(24-57-46-44(56-12)43(55-11)40(53)31(8)59-46)19-25(2)14-15-34(49)28(5)20-32(16-17-48-22-26(3)18-27(4)23-48)42(29(6)35(50)21-37(51)60-36)61-45-41(54)38(47(9)10)39(52)30(7)58-45;1-5(2,3)4/h14-15,19,26-33,35-36,38-46,50,52-54H,13,16-18,20-24H2,1-12H3;(H3,1,2,3,4)/b15-14+,25-19+;. The number of carbonyl (C=O) groups is 2. The van der Waals surface area contributed by atoms with Crippen molar-refractivity contribution in [1.29, 1.82) is 0 Å². The zero-order valence-corrected chi connectivity index (χ0v) is 42.0. The van der Waals surface area contributed by atoms with Gasteiger partial charge in [-0.1, -0.05) is 52.3 Å². The summed E-state index contributed by atoms with van der Waals surface area (Å²) >= 11 is 0. The summed E-state index contributed by atoms with van der Waals surface area (Å²) in [5, 5.41) is 45.3. The third kappa shape index (κ3) is 17.6. The van der Waals surface area contributed by atoms with E-state index in [0.29, 0.717) is 31.1 Å². The molecule has 3 fully saturated rings. The summed E-state index contributed by atoms with van der Waals surface area (Å²) in [6.07, 6.45) is -2.96. The molecule has 0 aromatic rings. The number of methoxy groups -OCH3 is 2. The van der Waals surface area contributed by atoms with Gasteiger partial charge >= 0.3 is 13.8 Å². The van der Waals surface area contributed by atoms with Gasteiger partial charge in [-0.2, -0.15) is 0 Å². The zero-order chi connectivity index (χ0) is 49.8. The Balaban J connectivity index is 0.00000219. The van der Waals surface area contributed by atoms with E-state index in [4.69, 9.17) is 52.4 Å². The maximum atomic E-state index is 14.0. The molecule has 4 aliphatic heterocycles. The number of allylic oxidation sites excluding steroid dienone is 3. The first kappa shape index (κ1) is 58.6. The molecule has 0 aromatic heterocycles. The van der Waals surface area contributed by atoms with Gasteiger partial charge in [0, 0.05) is 45.1 Å². The zero-order valence-electron chi connectivity index (χ0n) is 41.1. The molecule has 19 unspecified atom stereocenters. The Labute approximate surface area is 392 Å². The van der Waals surface area contributed by atoms with Gasteiger partial charge in [-0.05, 0) is 90.9 Å². The average Bonchev–Trinajstić information content (AvgIpc) is 3.22. The number of nitrogens with zero attached hydrogens (tertiary/aromatic N) is 2. The van der Waals surface area contributed by atoms with Crippen molar-refractivity contribution in [2.45, 2.75) is 167 Å². The largest absolute Gasteiger partial charge is 0.466 e. The van der Waals surface area contributed by atoms with Crippen molar-refractivity contribution in [2.75, 3.05) is 54.6 Å². The molecule has 3 saturated heterocycles. The second kappa shape index (κ2) is 27.0. The molecular formula is C46H83N2O17P. The van der Waals surface area contributed by atoms with Crippen molar-refractivity contribution < 1.29 is 82.4 Å². The minimum Gasteiger partial charge on any atom is -0.462 e. The Bertz CT molecular complexity index is 1580. The average molecular weight is 967 g/mol. The molecule has 384 valence electrons. The summed E-state index contributed by atoms with van der Waals surface area (Å²) < 4.78 is 51.5. The van der Waals surface area contributed by atoms with E-state index in [9.17, 15) is 30.0 Å². The molecule has 0 spiro atoms. The second-order valence-corrected chi connectivity index (χ2v) is 20.5. The lowest BCUT2D eigenvalue weighted by Crippen LogP contribution is -2.63. The normalized spacial score (nSPS) is 41.9. The number of likely N-dealkylation sites (tertiary alicyclic amines) is 1. The Morgan fingerprint density at radius 2 is 1.39 bits per heavy atom. The highest BCUT2D eigenvalue weighted by Gasteiger charge is 2.48. The SMILES string of the molecule is CCC1OC(=O)CC(O)C(C)C(OC2OC(C)C(O)C(N(C)C)C2O)C(CCN2CC(C)CC(C)C2)CC(C)C(=O)/C=C/C(C)=C/C1COC1OC(C)C(O)C(OC)C1OC.O=P(O)(O)O. The number of rotatable bonds is 12. The first-order valence-electron chi connectivity index (χ1n) is 23.4. The fourth-order valence-corrected chi connectivity index (χ4v) is 10.0. The number of hydrogen-bond donors (Lipinski definition) is 7. The molecule has 0 saturated carbocycles. The van der Waals surface area contributed by atoms with Crippen LogP contribution in [-0.4, -0.2) is 191 Å². The first-order valence-corrected chi connectivity index (χ1v) is 25.0. The summed E-state index contributed by atoms with van der Waals surface area (Å²) in [5.41, 5.74) is 0.761. The van der Waals surface area contributed by atoms with Crippen molar-refractivity contribution >= 4 is 19.6 Å². The van der Waals surface area contributed by atoms with E-state index in [0.717, 1.165) is 25.2 Å². The molecule has 20 heteroatoms. The maximum absolute atomic E-state index is 14.0. The number of carbonyl (C=O) groups excluding carboxylic acids is 2. The number of phosphoric acid groups is 1. The summed E-state index contributed by atoms with van der Waals surface area (Å²) in [5.74, 6) is -1.46. The fraction of sp³-hybridized carbons (Fsp3) is 0.870. The minimum atomic E-state index is -4.64. The fourth-order valence-electron chi connectivity index (χ4n) is 10.0. The highest BCUT2D eigenvalue weighted by atomic mass is 31.2. The predicted molar refractivity (Wildman–Crippen MR) is 243 cm³/mol. The van der Waals surface area contributed by atoms with Crippen LogP contribution < -0.4 is 0 Å². The summed E-state index contributed by atoms with van der Waals surface area (Å²) in [6.45, 7) is 18.2. The van der Waals surface area contributed by atoms with Crippen molar-refractivity contribution in [1.82, 2.24) is 9.80 Å². The Kier molecular flexibility index (Phi) is 24.0. The molecule has 4 rings (SSSR count). The number of hydrogen-bond acceptors (Lipinski definition) is 16. The van der Waals surface area contributed by atoms with Crippen molar-refractivity contribution in [3.63, 3.8) is 0 Å². The van der Waals surface area contributed by atoms with E-state index in [1.54, 1.807) is 45.0 Å². The molecule has 19 atom stereocenters. The van der Waals surface area contributed by atoms with Gasteiger partial charge in [-0.15, -0.1) is 0 Å². The van der Waals surface area contributed by atoms with E-state index in [1.165, 1.54) is 20.6 Å². The highest BCUT2D eigenvalue weighted by molar-refractivity contribution is 7.45. The third-order valence-corrected chi connectivity index (χ3v) is 13.5. The van der Waals surface area contributed by atoms with Crippen LogP contribution in [0.1, 0.15) is 87.5 Å². The van der Waals surface area contributed by atoms with Crippen LogP contribution in [0.2, 0.25) is 0 Å². The van der Waals surface area contributed by atoms with Crippen LogP contribution in [0.25, 0.3) is 0 Å². The summed E-state index contributed by atoms with van der Waals surface area (Å²) in [7, 11) is 1.90. The van der Waals surface area contributed by atoms with Gasteiger partial charge in [0.2, 0.25) is 0 Å². The van der Waals surface area contributed by atoms with E-state index >= 15 is 0 Å². The number of piperidine rings is 1. The van der Waals surface area contributed by atoms with Gasteiger partial charge in [0.1, 0.15) is 30.5 Å². The Morgan fingerprint density at radius 3 is 1.95 bits per heavy atom. The molecule has 66 heavy (non-hydrogen) atoms. The molecule has 0 bridgehead atoms. The van der Waals surface area contributed by atoms with E-state index < -0.39 is 111 Å². The van der Waals surface area contributed by atoms with Gasteiger partial charge in [0.15, 0.2) is 18.4 Å². The van der Waals surface area contributed by atoms with Crippen molar-refractivity contribution in [3.05, 3.63) is 23.8 Å². The number of likely N-dealkylation sites (N-methyl/N-ethyl adjacent to an activating group) is 1. The van der Waals surface area contributed by atoms with Crippen molar-refractivity contribution in [2.24, 2.45) is 35.5 Å². The van der Waals surface area contributed by atoms with Gasteiger partial charge in [-0.25, -0.2) is 4.57 Å². The molecular weight excluding hydrogens is 883 g/mol. The number of ketones is 1. The molecule has 19 nitrogen and oxygen atoms in total. The van der Waals surface area contributed by atoms with Crippen LogP contribution in [0.4, 0.5) is 0 Å². The second-order valence-electron chi connectivity index (χ2n) is 19.5. The Hall–Kier alpha value is -1.75. The molecule has 0 amide bonds. The van der Waals surface area contributed by atoms with Gasteiger partial charge in [0.05, 0.1) is 49.6 Å². The van der Waals surface area contributed by atoms with E-state index in [-0.39, 0.29) is 24.7 Å². The van der Waals surface area contributed by atoms with Gasteiger partial charge in [0.25, 0.3) is 0 Å². The quantitative estimate of drug-likeness (QED) is 0.109. The first-order chi connectivity index (χ1) is 30.8. The van der Waals surface area contributed by atoms with Crippen molar-refractivity contribution in [3.8, 4) is 0 Å². The number of aliphatic hydroxyl groups is 4. The van der Waals surface area contributed by atoms with Crippen LogP contribution >= 0.6 is 7.82 Å². The lowest BCUT2D eigenvalue weighted by Gasteiger charge is -2.47. The summed E-state index contributed by atoms with van der Waals surface area (Å²) in [6, 6.07) is -0.684. The lowest BCUT2D eigenvalue weighted by atomic mass is 9.79. The molecule has 4 aliphatic rings. The van der Waals surface area contributed by atoms with Gasteiger partial charge in [-0.3, -0.25) is 9.59 Å². The van der Waals surface area contributed by atoms with E-state index in [2.05, 4.69) is 18.7 Å². The van der Waals surface area contributed by atoms with Crippen LogP contribution in [0.15, 0.2) is 23.8 Å². The molecule has 0 aromatic carbocycles. The molecule has 0 radical (unpaired) electrons. The van der Waals surface area contributed by atoms with Gasteiger partial charge < -0.3 is 78.1 Å². The predicted octanol–water partition coefficient (Wildman–Crippen LogP) is 2.41. The van der Waals surface area contributed by atoms with E-state index in [1.807, 2.05) is 33.8 Å². The monoisotopic (exact) mass is 967 g/mol. The highest BCUT2D eigenvalue weighted by Crippen LogP contribution is 2.36. The summed E-state index contributed by atoms with van der Waals surface area (Å²) in [4.78, 5) is 53.6. The minimum absolute atomic E-state index is 0.0427. The number of cyclic esters (lactones) is 1. The number of aliphatic hydroxyl groups excluding tert-OH is 4. The lowest BCUT2D eigenvalue weighted by molar-refractivity contribution is -0.304. The number of esters is 1. The topological polar surface area (TPSA) is 264 Å². The van der Waals surface area contributed by atoms with Crippen LogP contribution in [0.3, 0.4) is 0 Å². The Morgan fingerprint density at radius 1 is 0.818 bits per heavy atom. The smallest absolute Gasteiger partial charge is 0.462 e. The van der Waals surface area contributed by atoms with Crippen LogP contribution in [0, 0.1) is 35.5 Å². The van der Waals surface area contributed by atoms with Crippen LogP contribution in [0.5, 0.6) is 0 Å².